The third-order valence-corrected chi connectivity index (χ3v) is 3.22. The minimum Gasteiger partial charge on any atom is -0.478 e. The molecule has 3 heteroatoms. The topological polar surface area (TPSA) is 42.2 Å². The van der Waals surface area contributed by atoms with E-state index in [9.17, 15) is 9.90 Å². The number of para-hydroxylation sites is 1. The molecule has 0 amide bonds. The van der Waals surface area contributed by atoms with Crippen LogP contribution in [0.3, 0.4) is 0 Å². The fraction of sp³-hybridized carbons (Fsp3) is 0.357. The first-order valence-corrected chi connectivity index (χ1v) is 5.94. The van der Waals surface area contributed by atoms with E-state index in [0.29, 0.717) is 11.5 Å². The van der Waals surface area contributed by atoms with Gasteiger partial charge in [-0.15, -0.1) is 0 Å². The van der Waals surface area contributed by atoms with Crippen LogP contribution in [0.1, 0.15) is 30.6 Å². The van der Waals surface area contributed by atoms with Gasteiger partial charge in [-0.3, -0.25) is 0 Å². The first-order chi connectivity index (χ1) is 8.13. The number of aromatic nitrogens is 1. The number of carboxylic acids is 1. The maximum absolute atomic E-state index is 11.2. The summed E-state index contributed by atoms with van der Waals surface area (Å²) in [7, 11) is 0. The van der Waals surface area contributed by atoms with Gasteiger partial charge in [0.25, 0.3) is 0 Å². The summed E-state index contributed by atoms with van der Waals surface area (Å²) in [6.45, 7) is 5.19. The van der Waals surface area contributed by atoms with Crippen LogP contribution in [0, 0.1) is 5.92 Å². The Kier molecular flexibility index (Phi) is 3.18. The first kappa shape index (κ1) is 11.7. The Morgan fingerprint density at radius 1 is 1.41 bits per heavy atom. The molecule has 3 nitrogen and oxygen atoms in total. The van der Waals surface area contributed by atoms with Gasteiger partial charge in [0, 0.05) is 23.6 Å². The molecule has 1 aromatic heterocycles. The van der Waals surface area contributed by atoms with Gasteiger partial charge < -0.3 is 9.67 Å². The number of benzene rings is 1. The van der Waals surface area contributed by atoms with E-state index in [1.54, 1.807) is 6.20 Å². The smallest absolute Gasteiger partial charge is 0.337 e. The van der Waals surface area contributed by atoms with Crippen molar-refractivity contribution < 1.29 is 9.90 Å². The molecule has 0 spiro atoms. The van der Waals surface area contributed by atoms with Crippen LogP contribution in [-0.4, -0.2) is 15.6 Å². The van der Waals surface area contributed by atoms with Gasteiger partial charge in [0.15, 0.2) is 0 Å². The van der Waals surface area contributed by atoms with Crippen LogP contribution in [0.25, 0.3) is 10.9 Å². The van der Waals surface area contributed by atoms with Crippen LogP contribution in [0.2, 0.25) is 0 Å². The van der Waals surface area contributed by atoms with Gasteiger partial charge in [-0.25, -0.2) is 4.79 Å². The predicted molar refractivity (Wildman–Crippen MR) is 68.4 cm³/mol. The highest BCUT2D eigenvalue weighted by Gasteiger charge is 2.14. The highest BCUT2D eigenvalue weighted by Crippen LogP contribution is 2.22. The van der Waals surface area contributed by atoms with E-state index >= 15 is 0 Å². The number of carboxylic acid groups (broad SMARTS) is 1. The molecule has 1 N–H and O–H groups in total. The van der Waals surface area contributed by atoms with Gasteiger partial charge in [0.1, 0.15) is 0 Å². The Hall–Kier alpha value is -1.77. The Balaban J connectivity index is 2.52. The summed E-state index contributed by atoms with van der Waals surface area (Å²) in [4.78, 5) is 11.2. The van der Waals surface area contributed by atoms with Crippen LogP contribution in [0.5, 0.6) is 0 Å². The van der Waals surface area contributed by atoms with E-state index in [-0.39, 0.29) is 0 Å². The second kappa shape index (κ2) is 4.62. The van der Waals surface area contributed by atoms with Crippen molar-refractivity contribution in [1.82, 2.24) is 4.57 Å². The lowest BCUT2D eigenvalue weighted by Gasteiger charge is -2.10. The summed E-state index contributed by atoms with van der Waals surface area (Å²) in [5.41, 5.74) is 1.40. The van der Waals surface area contributed by atoms with Gasteiger partial charge >= 0.3 is 5.97 Å². The van der Waals surface area contributed by atoms with Crippen molar-refractivity contribution in [2.24, 2.45) is 5.92 Å². The molecule has 90 valence electrons. The molecule has 1 unspecified atom stereocenters. The molecule has 1 heterocycles. The zero-order valence-electron chi connectivity index (χ0n) is 10.2. The van der Waals surface area contributed by atoms with E-state index in [1.165, 1.54) is 0 Å². The maximum Gasteiger partial charge on any atom is 0.337 e. The Bertz CT molecular complexity index is 542. The van der Waals surface area contributed by atoms with Gasteiger partial charge in [0.2, 0.25) is 0 Å². The number of nitrogens with zero attached hydrogens (tertiary/aromatic N) is 1. The van der Waals surface area contributed by atoms with E-state index in [1.807, 2.05) is 28.8 Å². The number of hydrogen-bond donors (Lipinski definition) is 1. The van der Waals surface area contributed by atoms with Gasteiger partial charge in [-0.1, -0.05) is 38.5 Å². The summed E-state index contributed by atoms with van der Waals surface area (Å²) in [6.07, 6.45) is 2.84. The quantitative estimate of drug-likeness (QED) is 0.876. The average Bonchev–Trinajstić information content (AvgIpc) is 2.68. The largest absolute Gasteiger partial charge is 0.478 e. The molecule has 0 saturated heterocycles. The van der Waals surface area contributed by atoms with E-state index in [4.69, 9.17) is 0 Å². The summed E-state index contributed by atoms with van der Waals surface area (Å²) >= 11 is 0. The van der Waals surface area contributed by atoms with E-state index in [0.717, 1.165) is 23.9 Å². The number of fused-ring (bicyclic) bond motifs is 1. The highest BCUT2D eigenvalue weighted by atomic mass is 16.4. The molecule has 17 heavy (non-hydrogen) atoms. The predicted octanol–water partition coefficient (Wildman–Crippen LogP) is 3.39. The fourth-order valence-corrected chi connectivity index (χ4v) is 2.03. The van der Waals surface area contributed by atoms with E-state index in [2.05, 4.69) is 13.8 Å². The highest BCUT2D eigenvalue weighted by molar-refractivity contribution is 6.03. The minimum absolute atomic E-state index is 0.393. The second-order valence-corrected chi connectivity index (χ2v) is 4.53. The van der Waals surface area contributed by atoms with Gasteiger partial charge in [0.05, 0.1) is 5.56 Å². The molecule has 1 aromatic carbocycles. The lowest BCUT2D eigenvalue weighted by molar-refractivity contribution is 0.0698. The van der Waals surface area contributed by atoms with Crippen molar-refractivity contribution in [3.63, 3.8) is 0 Å². The molecule has 0 aliphatic carbocycles. The molecule has 2 rings (SSSR count). The average molecular weight is 231 g/mol. The standard InChI is InChI=1S/C14H17NO2/c1-3-10(2)8-15-9-12(14(16)17)11-6-4-5-7-13(11)15/h4-7,9-10H,3,8H2,1-2H3,(H,16,17). The monoisotopic (exact) mass is 231 g/mol. The summed E-state index contributed by atoms with van der Waals surface area (Å²) < 4.78 is 2.05. The molecule has 0 bridgehead atoms. The third kappa shape index (κ3) is 2.18. The third-order valence-electron chi connectivity index (χ3n) is 3.22. The molecular weight excluding hydrogens is 214 g/mol. The zero-order valence-corrected chi connectivity index (χ0v) is 10.2. The fourth-order valence-electron chi connectivity index (χ4n) is 2.03. The molecule has 1 atom stereocenters. The van der Waals surface area contributed by atoms with Crippen LogP contribution < -0.4 is 0 Å². The number of carbonyl (C=O) groups is 1. The van der Waals surface area contributed by atoms with E-state index < -0.39 is 5.97 Å². The zero-order chi connectivity index (χ0) is 12.4. The molecule has 0 fully saturated rings. The van der Waals surface area contributed by atoms with Crippen molar-refractivity contribution in [3.8, 4) is 0 Å². The molecule has 0 saturated carbocycles. The summed E-state index contributed by atoms with van der Waals surface area (Å²) in [5, 5.41) is 10.00. The van der Waals surface area contributed by atoms with Crippen molar-refractivity contribution in [3.05, 3.63) is 36.0 Å². The van der Waals surface area contributed by atoms with Crippen LogP contribution in [0.15, 0.2) is 30.5 Å². The maximum atomic E-state index is 11.2. The second-order valence-electron chi connectivity index (χ2n) is 4.53. The lowest BCUT2D eigenvalue weighted by atomic mass is 10.1. The van der Waals surface area contributed by atoms with Crippen LogP contribution in [0.4, 0.5) is 0 Å². The van der Waals surface area contributed by atoms with Crippen molar-refractivity contribution in [2.75, 3.05) is 0 Å². The Morgan fingerprint density at radius 3 is 2.76 bits per heavy atom. The SMILES string of the molecule is CCC(C)Cn1cc(C(=O)O)c2ccccc21. The first-order valence-electron chi connectivity index (χ1n) is 5.94. The molecule has 0 aliphatic rings. The summed E-state index contributed by atoms with van der Waals surface area (Å²) in [6, 6.07) is 7.67. The minimum atomic E-state index is -0.857. The van der Waals surface area contributed by atoms with Crippen molar-refractivity contribution in [2.45, 2.75) is 26.8 Å². The lowest BCUT2D eigenvalue weighted by Crippen LogP contribution is -2.05. The Morgan fingerprint density at radius 2 is 2.12 bits per heavy atom. The van der Waals surface area contributed by atoms with Gasteiger partial charge in [-0.2, -0.15) is 0 Å². The number of aromatic carboxylic acids is 1. The van der Waals surface area contributed by atoms with Crippen molar-refractivity contribution in [1.29, 1.82) is 0 Å². The Labute approximate surface area is 101 Å². The number of rotatable bonds is 4. The van der Waals surface area contributed by atoms with Gasteiger partial charge in [-0.05, 0) is 12.0 Å². The van der Waals surface area contributed by atoms with Crippen molar-refractivity contribution >= 4 is 16.9 Å². The normalized spacial score (nSPS) is 12.8. The molecular formula is C14H17NO2. The molecule has 2 aromatic rings. The summed E-state index contributed by atoms with van der Waals surface area (Å²) in [5.74, 6) is -0.309. The van der Waals surface area contributed by atoms with Crippen LogP contribution >= 0.6 is 0 Å². The molecule has 0 aliphatic heterocycles. The van der Waals surface area contributed by atoms with Crippen LogP contribution in [-0.2, 0) is 6.54 Å². The number of hydrogen-bond acceptors (Lipinski definition) is 1. The molecule has 0 radical (unpaired) electrons.